The number of carbonyl (C=O) groups excluding carboxylic acids is 1. The Morgan fingerprint density at radius 1 is 1.35 bits per heavy atom. The molecule has 1 aromatic rings. The summed E-state index contributed by atoms with van der Waals surface area (Å²) in [7, 11) is 0. The maximum Gasteiger partial charge on any atom is 0.303 e. The van der Waals surface area contributed by atoms with Crippen LogP contribution in [0.15, 0.2) is 30.3 Å². The summed E-state index contributed by atoms with van der Waals surface area (Å²) in [5.41, 5.74) is 1.06. The second-order valence-corrected chi connectivity index (χ2v) is 4.95. The van der Waals surface area contributed by atoms with E-state index in [0.29, 0.717) is 13.0 Å². The lowest BCUT2D eigenvalue weighted by Gasteiger charge is -2.37. The summed E-state index contributed by atoms with van der Waals surface area (Å²) in [5.74, 6) is -0.436. The van der Waals surface area contributed by atoms with E-state index in [2.05, 4.69) is 0 Å². The average molecular weight is 280 g/mol. The maximum atomic E-state index is 11.0. The Bertz CT molecular complexity index is 433. The minimum Gasteiger partial charge on any atom is -0.457 e. The van der Waals surface area contributed by atoms with Gasteiger partial charge in [-0.05, 0) is 12.5 Å². The highest BCUT2D eigenvalue weighted by molar-refractivity contribution is 5.66. The molecule has 0 radical (unpaired) electrons. The molecule has 1 aromatic carbocycles. The van der Waals surface area contributed by atoms with Crippen molar-refractivity contribution in [3.63, 3.8) is 0 Å². The Kier molecular flexibility index (Phi) is 5.11. The molecule has 4 atom stereocenters. The Hall–Kier alpha value is -1.43. The first-order chi connectivity index (χ1) is 9.56. The molecular formula is C15H20O5. The number of rotatable bonds is 4. The van der Waals surface area contributed by atoms with Crippen LogP contribution in [0.2, 0.25) is 0 Å². The van der Waals surface area contributed by atoms with E-state index in [4.69, 9.17) is 14.2 Å². The minimum atomic E-state index is -1.09. The summed E-state index contributed by atoms with van der Waals surface area (Å²) in [6.07, 6.45) is -1.81. The van der Waals surface area contributed by atoms with Crippen LogP contribution in [0, 0.1) is 0 Å². The van der Waals surface area contributed by atoms with E-state index in [1.165, 1.54) is 6.92 Å². The normalized spacial score (nSPS) is 29.9. The van der Waals surface area contributed by atoms with Crippen molar-refractivity contribution in [1.82, 2.24) is 0 Å². The van der Waals surface area contributed by atoms with Crippen LogP contribution in [0.3, 0.4) is 0 Å². The van der Waals surface area contributed by atoms with Crippen LogP contribution in [0.5, 0.6) is 0 Å². The van der Waals surface area contributed by atoms with Crippen LogP contribution in [-0.2, 0) is 25.6 Å². The molecule has 1 aliphatic heterocycles. The van der Waals surface area contributed by atoms with Gasteiger partial charge in [-0.15, -0.1) is 0 Å². The Balaban J connectivity index is 1.91. The van der Waals surface area contributed by atoms with Crippen LogP contribution in [0.25, 0.3) is 0 Å². The van der Waals surface area contributed by atoms with Gasteiger partial charge in [0.2, 0.25) is 0 Å². The molecule has 0 bridgehead atoms. The topological polar surface area (TPSA) is 65.0 Å². The van der Waals surface area contributed by atoms with Crippen LogP contribution >= 0.6 is 0 Å². The van der Waals surface area contributed by atoms with E-state index >= 15 is 0 Å². The lowest BCUT2D eigenvalue weighted by atomic mass is 10.0. The van der Waals surface area contributed by atoms with Gasteiger partial charge in [0.15, 0.2) is 12.4 Å². The SMILES string of the molecule is CC(=O)O[C@@H]1C[C@@H](OCc2ccccc2)[C@@H](C)O[C@@H]1O. The third kappa shape index (κ3) is 4.03. The number of carbonyl (C=O) groups is 1. The van der Waals surface area contributed by atoms with Crippen molar-refractivity contribution in [3.05, 3.63) is 35.9 Å². The molecule has 110 valence electrons. The van der Waals surface area contributed by atoms with Crippen molar-refractivity contribution >= 4 is 5.97 Å². The van der Waals surface area contributed by atoms with E-state index in [9.17, 15) is 9.90 Å². The molecule has 1 heterocycles. The smallest absolute Gasteiger partial charge is 0.303 e. The maximum absolute atomic E-state index is 11.0. The fourth-order valence-electron chi connectivity index (χ4n) is 2.23. The summed E-state index contributed by atoms with van der Waals surface area (Å²) in [5, 5.41) is 9.74. The number of hydrogen-bond acceptors (Lipinski definition) is 5. The van der Waals surface area contributed by atoms with E-state index in [-0.39, 0.29) is 12.2 Å². The van der Waals surface area contributed by atoms with Gasteiger partial charge in [-0.25, -0.2) is 0 Å². The molecule has 5 nitrogen and oxygen atoms in total. The molecule has 1 fully saturated rings. The lowest BCUT2D eigenvalue weighted by molar-refractivity contribution is -0.256. The molecule has 1 N–H and O–H groups in total. The largest absolute Gasteiger partial charge is 0.457 e. The van der Waals surface area contributed by atoms with Gasteiger partial charge in [0.1, 0.15) is 0 Å². The zero-order chi connectivity index (χ0) is 14.5. The summed E-state index contributed by atoms with van der Waals surface area (Å²) >= 11 is 0. The van der Waals surface area contributed by atoms with Crippen LogP contribution in [0.4, 0.5) is 0 Å². The van der Waals surface area contributed by atoms with Crippen molar-refractivity contribution in [3.8, 4) is 0 Å². The molecule has 1 saturated heterocycles. The molecule has 0 aromatic heterocycles. The molecule has 0 spiro atoms. The number of hydrogen-bond donors (Lipinski definition) is 1. The van der Waals surface area contributed by atoms with Crippen molar-refractivity contribution in [2.24, 2.45) is 0 Å². The predicted molar refractivity (Wildman–Crippen MR) is 71.7 cm³/mol. The fraction of sp³-hybridized carbons (Fsp3) is 0.533. The predicted octanol–water partition coefficient (Wildman–Crippen LogP) is 1.63. The number of aliphatic hydroxyl groups is 1. The van der Waals surface area contributed by atoms with Crippen molar-refractivity contribution in [2.45, 2.75) is 51.5 Å². The Morgan fingerprint density at radius 3 is 2.70 bits per heavy atom. The molecule has 0 aliphatic carbocycles. The summed E-state index contributed by atoms with van der Waals surface area (Å²) in [4.78, 5) is 11.0. The Labute approximate surface area is 118 Å². The van der Waals surface area contributed by atoms with Gasteiger partial charge in [-0.3, -0.25) is 4.79 Å². The summed E-state index contributed by atoms with van der Waals surface area (Å²) in [6, 6.07) is 9.80. The average Bonchev–Trinajstić information content (AvgIpc) is 2.41. The van der Waals surface area contributed by atoms with E-state index in [1.54, 1.807) is 0 Å². The molecule has 2 rings (SSSR count). The standard InChI is InChI=1S/C15H20O5/c1-10-13(18-9-12-6-4-3-5-7-12)8-14(15(17)19-10)20-11(2)16/h3-7,10,13-15,17H,8-9H2,1-2H3/t10-,13-,14-,15+/m1/s1. The molecular weight excluding hydrogens is 260 g/mol. The summed E-state index contributed by atoms with van der Waals surface area (Å²) < 4.78 is 16.2. The van der Waals surface area contributed by atoms with Gasteiger partial charge in [0, 0.05) is 13.3 Å². The molecule has 0 amide bonds. The van der Waals surface area contributed by atoms with E-state index in [0.717, 1.165) is 5.56 Å². The monoisotopic (exact) mass is 280 g/mol. The second kappa shape index (κ2) is 6.83. The van der Waals surface area contributed by atoms with Crippen molar-refractivity contribution < 1.29 is 24.1 Å². The zero-order valence-corrected chi connectivity index (χ0v) is 11.7. The summed E-state index contributed by atoms with van der Waals surface area (Å²) in [6.45, 7) is 3.61. The van der Waals surface area contributed by atoms with Gasteiger partial charge >= 0.3 is 5.97 Å². The molecule has 1 aliphatic rings. The van der Waals surface area contributed by atoms with Crippen molar-refractivity contribution in [1.29, 1.82) is 0 Å². The first kappa shape index (κ1) is 15.0. The fourth-order valence-corrected chi connectivity index (χ4v) is 2.23. The van der Waals surface area contributed by atoms with E-state index < -0.39 is 18.4 Å². The Morgan fingerprint density at radius 2 is 2.05 bits per heavy atom. The van der Waals surface area contributed by atoms with E-state index in [1.807, 2.05) is 37.3 Å². The first-order valence-electron chi connectivity index (χ1n) is 6.72. The highest BCUT2D eigenvalue weighted by Gasteiger charge is 2.37. The molecule has 20 heavy (non-hydrogen) atoms. The zero-order valence-electron chi connectivity index (χ0n) is 11.7. The highest BCUT2D eigenvalue weighted by Crippen LogP contribution is 2.24. The first-order valence-corrected chi connectivity index (χ1v) is 6.72. The third-order valence-corrected chi connectivity index (χ3v) is 3.28. The molecule has 5 heteroatoms. The van der Waals surface area contributed by atoms with Crippen LogP contribution in [0.1, 0.15) is 25.8 Å². The lowest BCUT2D eigenvalue weighted by Crippen LogP contribution is -2.48. The second-order valence-electron chi connectivity index (χ2n) is 4.95. The number of esters is 1. The van der Waals surface area contributed by atoms with Gasteiger partial charge in [0.25, 0.3) is 0 Å². The quantitative estimate of drug-likeness (QED) is 0.849. The number of benzene rings is 1. The van der Waals surface area contributed by atoms with Crippen LogP contribution in [-0.4, -0.2) is 35.7 Å². The van der Waals surface area contributed by atoms with Crippen LogP contribution < -0.4 is 0 Å². The van der Waals surface area contributed by atoms with Gasteiger partial charge in [-0.2, -0.15) is 0 Å². The molecule has 0 unspecified atom stereocenters. The number of ether oxygens (including phenoxy) is 3. The van der Waals surface area contributed by atoms with Gasteiger partial charge < -0.3 is 19.3 Å². The third-order valence-electron chi connectivity index (χ3n) is 3.28. The number of aliphatic hydroxyl groups excluding tert-OH is 1. The van der Waals surface area contributed by atoms with Gasteiger partial charge in [-0.1, -0.05) is 30.3 Å². The van der Waals surface area contributed by atoms with Gasteiger partial charge in [0.05, 0.1) is 18.8 Å². The minimum absolute atomic E-state index is 0.219. The highest BCUT2D eigenvalue weighted by atomic mass is 16.7. The molecule has 0 saturated carbocycles. The van der Waals surface area contributed by atoms with Crippen molar-refractivity contribution in [2.75, 3.05) is 0 Å².